The zero-order valence-electron chi connectivity index (χ0n) is 7.16. The summed E-state index contributed by atoms with van der Waals surface area (Å²) in [6, 6.07) is 0. The molecule has 0 saturated carbocycles. The van der Waals surface area contributed by atoms with Gasteiger partial charge in [-0.05, 0) is 13.8 Å². The number of ether oxygens (including phenoxy) is 2. The van der Waals surface area contributed by atoms with E-state index in [9.17, 15) is 0 Å². The van der Waals surface area contributed by atoms with Crippen LogP contribution in [0.25, 0.3) is 0 Å². The van der Waals surface area contributed by atoms with E-state index in [1.165, 1.54) is 0 Å². The van der Waals surface area contributed by atoms with E-state index in [-0.39, 0.29) is 0 Å². The molecule has 4 heteroatoms. The highest BCUT2D eigenvalue weighted by Crippen LogP contribution is 2.32. The van der Waals surface area contributed by atoms with Gasteiger partial charge in [0.2, 0.25) is 5.79 Å². The van der Waals surface area contributed by atoms with Crippen molar-refractivity contribution in [3.05, 3.63) is 16.1 Å². The van der Waals surface area contributed by atoms with Crippen molar-refractivity contribution in [1.82, 2.24) is 4.98 Å². The predicted molar refractivity (Wildman–Crippen MR) is 46.1 cm³/mol. The molecule has 0 aliphatic carbocycles. The Morgan fingerprint density at radius 1 is 1.50 bits per heavy atom. The molecular formula is C8H11NO2S. The van der Waals surface area contributed by atoms with Crippen molar-refractivity contribution in [1.29, 1.82) is 0 Å². The van der Waals surface area contributed by atoms with Gasteiger partial charge in [0.1, 0.15) is 0 Å². The lowest BCUT2D eigenvalue weighted by atomic mass is 10.3. The summed E-state index contributed by atoms with van der Waals surface area (Å²) in [5, 5.41) is 2.92. The van der Waals surface area contributed by atoms with E-state index in [1.54, 1.807) is 11.3 Å². The third-order valence-corrected chi connectivity index (χ3v) is 2.99. The highest BCUT2D eigenvalue weighted by molar-refractivity contribution is 7.09. The average Bonchev–Trinajstić information content (AvgIpc) is 2.59. The first-order valence-corrected chi connectivity index (χ1v) is 4.79. The number of hydrogen-bond donors (Lipinski definition) is 0. The van der Waals surface area contributed by atoms with E-state index in [4.69, 9.17) is 9.47 Å². The molecule has 1 fully saturated rings. The molecule has 12 heavy (non-hydrogen) atoms. The quantitative estimate of drug-likeness (QED) is 0.667. The maximum atomic E-state index is 5.47. The fourth-order valence-electron chi connectivity index (χ4n) is 1.20. The summed E-state index contributed by atoms with van der Waals surface area (Å²) in [6.45, 7) is 5.21. The highest BCUT2D eigenvalue weighted by atomic mass is 32.1. The van der Waals surface area contributed by atoms with Crippen LogP contribution >= 0.6 is 11.3 Å². The topological polar surface area (TPSA) is 31.4 Å². The van der Waals surface area contributed by atoms with Crippen molar-refractivity contribution in [3.8, 4) is 0 Å². The van der Waals surface area contributed by atoms with Gasteiger partial charge in [0.15, 0.2) is 5.01 Å². The first kappa shape index (κ1) is 8.16. The Bertz CT molecular complexity index is 278. The molecule has 0 amide bonds. The first-order valence-electron chi connectivity index (χ1n) is 3.91. The van der Waals surface area contributed by atoms with Gasteiger partial charge in [-0.3, -0.25) is 0 Å². The van der Waals surface area contributed by atoms with Gasteiger partial charge in [-0.25, -0.2) is 4.98 Å². The van der Waals surface area contributed by atoms with Gasteiger partial charge in [-0.15, -0.1) is 11.3 Å². The summed E-state index contributed by atoms with van der Waals surface area (Å²) < 4.78 is 10.9. The van der Waals surface area contributed by atoms with Crippen LogP contribution < -0.4 is 0 Å². The van der Waals surface area contributed by atoms with Gasteiger partial charge in [-0.1, -0.05) is 0 Å². The lowest BCUT2D eigenvalue weighted by molar-refractivity contribution is -0.149. The lowest BCUT2D eigenvalue weighted by Crippen LogP contribution is -2.21. The minimum absolute atomic E-state index is 0.584. The van der Waals surface area contributed by atoms with E-state index in [0.29, 0.717) is 13.2 Å². The van der Waals surface area contributed by atoms with Crippen molar-refractivity contribution in [2.24, 2.45) is 0 Å². The predicted octanol–water partition coefficient (Wildman–Crippen LogP) is 1.67. The maximum absolute atomic E-state index is 5.47. The number of aryl methyl sites for hydroxylation is 1. The maximum Gasteiger partial charge on any atom is 0.219 e. The standard InChI is InChI=1S/C8H11NO2S/c1-6-5-12-7(9-6)8(2)10-3-4-11-8/h5H,3-4H2,1-2H3. The fourth-order valence-corrected chi connectivity index (χ4v) is 2.06. The second kappa shape index (κ2) is 2.80. The van der Waals surface area contributed by atoms with E-state index in [1.807, 2.05) is 19.2 Å². The second-order valence-electron chi connectivity index (χ2n) is 2.94. The molecule has 0 unspecified atom stereocenters. The van der Waals surface area contributed by atoms with Crippen molar-refractivity contribution in [3.63, 3.8) is 0 Å². The van der Waals surface area contributed by atoms with Gasteiger partial charge in [-0.2, -0.15) is 0 Å². The van der Waals surface area contributed by atoms with Crippen LogP contribution in [0.2, 0.25) is 0 Å². The molecule has 1 aliphatic rings. The minimum atomic E-state index is -0.584. The molecule has 0 N–H and O–H groups in total. The van der Waals surface area contributed by atoms with Crippen LogP contribution in [-0.2, 0) is 15.3 Å². The van der Waals surface area contributed by atoms with E-state index < -0.39 is 5.79 Å². The summed E-state index contributed by atoms with van der Waals surface area (Å²) in [5.41, 5.74) is 1.02. The zero-order chi connectivity index (χ0) is 8.60. The largest absolute Gasteiger partial charge is 0.342 e. The van der Waals surface area contributed by atoms with Crippen LogP contribution in [0.4, 0.5) is 0 Å². The van der Waals surface area contributed by atoms with Crippen molar-refractivity contribution >= 4 is 11.3 Å². The van der Waals surface area contributed by atoms with Crippen LogP contribution in [0.1, 0.15) is 17.6 Å². The number of hydrogen-bond acceptors (Lipinski definition) is 4. The Morgan fingerprint density at radius 2 is 2.17 bits per heavy atom. The highest BCUT2D eigenvalue weighted by Gasteiger charge is 2.35. The minimum Gasteiger partial charge on any atom is -0.342 e. The fraction of sp³-hybridized carbons (Fsp3) is 0.625. The van der Waals surface area contributed by atoms with Crippen LogP contribution in [0.5, 0.6) is 0 Å². The monoisotopic (exact) mass is 185 g/mol. The molecule has 66 valence electrons. The Kier molecular flexibility index (Phi) is 1.90. The summed E-state index contributed by atoms with van der Waals surface area (Å²) in [7, 11) is 0. The summed E-state index contributed by atoms with van der Waals surface area (Å²) in [4.78, 5) is 4.33. The number of aromatic nitrogens is 1. The molecule has 1 aliphatic heterocycles. The molecule has 0 aromatic carbocycles. The molecule has 2 rings (SSSR count). The third kappa shape index (κ3) is 1.26. The van der Waals surface area contributed by atoms with Gasteiger partial charge in [0, 0.05) is 11.1 Å². The van der Waals surface area contributed by atoms with Crippen LogP contribution in [0.3, 0.4) is 0 Å². The third-order valence-electron chi connectivity index (χ3n) is 1.85. The van der Waals surface area contributed by atoms with Crippen molar-refractivity contribution < 1.29 is 9.47 Å². The number of rotatable bonds is 1. The molecule has 3 nitrogen and oxygen atoms in total. The lowest BCUT2D eigenvalue weighted by Gasteiger charge is -2.18. The number of thiazole rings is 1. The van der Waals surface area contributed by atoms with Gasteiger partial charge >= 0.3 is 0 Å². The van der Waals surface area contributed by atoms with Crippen molar-refractivity contribution in [2.45, 2.75) is 19.6 Å². The molecule has 0 bridgehead atoms. The van der Waals surface area contributed by atoms with Gasteiger partial charge < -0.3 is 9.47 Å². The molecule has 0 atom stereocenters. The Balaban J connectivity index is 2.28. The molecule has 0 spiro atoms. The molecule has 0 radical (unpaired) electrons. The molecular weight excluding hydrogens is 174 g/mol. The zero-order valence-corrected chi connectivity index (χ0v) is 7.98. The Morgan fingerprint density at radius 3 is 2.67 bits per heavy atom. The van der Waals surface area contributed by atoms with E-state index in [0.717, 1.165) is 10.7 Å². The van der Waals surface area contributed by atoms with Crippen LogP contribution in [-0.4, -0.2) is 18.2 Å². The Hall–Kier alpha value is -0.450. The summed E-state index contributed by atoms with van der Waals surface area (Å²) in [5.74, 6) is -0.584. The average molecular weight is 185 g/mol. The van der Waals surface area contributed by atoms with E-state index in [2.05, 4.69) is 4.98 Å². The first-order chi connectivity index (χ1) is 5.71. The normalized spacial score (nSPS) is 21.5. The molecule has 1 saturated heterocycles. The molecule has 2 heterocycles. The van der Waals surface area contributed by atoms with E-state index >= 15 is 0 Å². The molecule has 1 aromatic rings. The van der Waals surface area contributed by atoms with Gasteiger partial charge in [0.25, 0.3) is 0 Å². The number of nitrogens with zero attached hydrogens (tertiary/aromatic N) is 1. The van der Waals surface area contributed by atoms with Gasteiger partial charge in [0.05, 0.1) is 13.2 Å². The van der Waals surface area contributed by atoms with Crippen molar-refractivity contribution in [2.75, 3.05) is 13.2 Å². The second-order valence-corrected chi connectivity index (χ2v) is 3.79. The van der Waals surface area contributed by atoms with Crippen LogP contribution in [0, 0.1) is 6.92 Å². The summed E-state index contributed by atoms with van der Waals surface area (Å²) in [6.07, 6.45) is 0. The summed E-state index contributed by atoms with van der Waals surface area (Å²) >= 11 is 1.58. The molecule has 1 aromatic heterocycles. The SMILES string of the molecule is Cc1csc(C2(C)OCCO2)n1. The smallest absolute Gasteiger partial charge is 0.219 e. The van der Waals surface area contributed by atoms with Crippen LogP contribution in [0.15, 0.2) is 5.38 Å². The Labute approximate surface area is 75.3 Å².